The highest BCUT2D eigenvalue weighted by Crippen LogP contribution is 2.14. The van der Waals surface area contributed by atoms with Crippen LogP contribution >= 0.6 is 0 Å². The molecule has 0 radical (unpaired) electrons. The summed E-state index contributed by atoms with van der Waals surface area (Å²) in [7, 11) is 0. The van der Waals surface area contributed by atoms with Crippen LogP contribution in [-0.2, 0) is 6.42 Å². The first-order valence-corrected chi connectivity index (χ1v) is 3.76. The summed E-state index contributed by atoms with van der Waals surface area (Å²) >= 11 is 0. The summed E-state index contributed by atoms with van der Waals surface area (Å²) < 4.78 is 0. The molecule has 0 amide bonds. The highest BCUT2D eigenvalue weighted by Gasteiger charge is 1.93. The Morgan fingerprint density at radius 2 is 2.33 bits per heavy atom. The topological polar surface area (TPSA) is 4.36 Å². The average Bonchev–Trinajstić information content (AvgIpc) is 2.15. The molecule has 0 spiro atoms. The molecular formula is C11H9N. The predicted octanol–water partition coefficient (Wildman–Crippen LogP) is 2.80. The van der Waals surface area contributed by atoms with Gasteiger partial charge in [0.25, 0.3) is 0 Å². The maximum Gasteiger partial charge on any atom is 0.187 e. The Morgan fingerprint density at radius 3 is 3.00 bits per heavy atom. The number of nitrogens with zero attached hydrogens (tertiary/aromatic N) is 1. The van der Waals surface area contributed by atoms with Gasteiger partial charge in [-0.25, -0.2) is 4.85 Å². The van der Waals surface area contributed by atoms with E-state index in [0.717, 1.165) is 18.4 Å². The van der Waals surface area contributed by atoms with Gasteiger partial charge in [-0.1, -0.05) is 29.8 Å². The van der Waals surface area contributed by atoms with Crippen molar-refractivity contribution in [2.24, 2.45) is 0 Å². The number of hydrogen-bond acceptors (Lipinski definition) is 0. The van der Waals surface area contributed by atoms with Gasteiger partial charge in [-0.3, -0.25) is 0 Å². The Morgan fingerprint density at radius 1 is 1.50 bits per heavy atom. The van der Waals surface area contributed by atoms with Crippen molar-refractivity contribution in [2.45, 2.75) is 12.8 Å². The molecule has 1 nitrogen and oxygen atoms in total. The van der Waals surface area contributed by atoms with Crippen LogP contribution in [0.25, 0.3) is 4.85 Å². The highest BCUT2D eigenvalue weighted by molar-refractivity contribution is 5.46. The fraction of sp³-hybridized carbons (Fsp3) is 0.182. The molecule has 0 saturated carbocycles. The number of terminal acetylenes is 1. The summed E-state index contributed by atoms with van der Waals surface area (Å²) in [6, 6.07) is 7.56. The Balaban J connectivity index is 2.76. The van der Waals surface area contributed by atoms with Crippen LogP contribution in [-0.4, -0.2) is 0 Å². The van der Waals surface area contributed by atoms with Gasteiger partial charge in [-0.2, -0.15) is 0 Å². The normalized spacial score (nSPS) is 8.50. The van der Waals surface area contributed by atoms with E-state index in [2.05, 4.69) is 10.8 Å². The molecule has 12 heavy (non-hydrogen) atoms. The van der Waals surface area contributed by atoms with Crippen LogP contribution in [0.15, 0.2) is 24.3 Å². The monoisotopic (exact) mass is 155 g/mol. The first kappa shape index (κ1) is 8.37. The molecule has 0 atom stereocenters. The Labute approximate surface area is 72.9 Å². The minimum absolute atomic E-state index is 0.685. The van der Waals surface area contributed by atoms with E-state index in [0.29, 0.717) is 5.69 Å². The molecule has 0 aliphatic carbocycles. The van der Waals surface area contributed by atoms with E-state index in [9.17, 15) is 0 Å². The van der Waals surface area contributed by atoms with Crippen molar-refractivity contribution in [3.8, 4) is 12.3 Å². The van der Waals surface area contributed by atoms with Gasteiger partial charge >= 0.3 is 0 Å². The lowest BCUT2D eigenvalue weighted by Crippen LogP contribution is -1.81. The molecule has 0 heterocycles. The Kier molecular flexibility index (Phi) is 2.94. The Bertz CT molecular complexity index is 339. The summed E-state index contributed by atoms with van der Waals surface area (Å²) in [6.07, 6.45) is 6.73. The van der Waals surface area contributed by atoms with E-state index in [1.54, 1.807) is 6.07 Å². The summed E-state index contributed by atoms with van der Waals surface area (Å²) in [4.78, 5) is 3.34. The average molecular weight is 155 g/mol. The second-order valence-corrected chi connectivity index (χ2v) is 2.49. The molecule has 1 rings (SSSR count). The summed E-state index contributed by atoms with van der Waals surface area (Å²) in [5, 5.41) is 0. The quantitative estimate of drug-likeness (QED) is 0.457. The van der Waals surface area contributed by atoms with Gasteiger partial charge < -0.3 is 0 Å². The maximum atomic E-state index is 6.80. The van der Waals surface area contributed by atoms with Crippen LogP contribution in [0.5, 0.6) is 0 Å². The molecule has 1 aromatic carbocycles. The molecule has 0 aliphatic rings. The van der Waals surface area contributed by atoms with Gasteiger partial charge in [0.05, 0.1) is 6.57 Å². The van der Waals surface area contributed by atoms with Crippen molar-refractivity contribution in [3.05, 3.63) is 41.2 Å². The standard InChI is InChI=1S/C11H9N/c1-3-4-6-10-7-5-8-11(9-10)12-2/h1,5,7-9H,4,6H2. The second-order valence-electron chi connectivity index (χ2n) is 2.49. The highest BCUT2D eigenvalue weighted by atomic mass is 14.6. The molecule has 0 N–H and O–H groups in total. The second kappa shape index (κ2) is 4.21. The van der Waals surface area contributed by atoms with Crippen LogP contribution in [0.2, 0.25) is 0 Å². The Hall–Kier alpha value is -1.73. The number of rotatable bonds is 2. The zero-order valence-electron chi connectivity index (χ0n) is 6.75. The fourth-order valence-electron chi connectivity index (χ4n) is 0.998. The first-order valence-electron chi connectivity index (χ1n) is 3.76. The van der Waals surface area contributed by atoms with Gasteiger partial charge in [0, 0.05) is 6.42 Å². The number of benzene rings is 1. The lowest BCUT2D eigenvalue weighted by atomic mass is 10.1. The minimum atomic E-state index is 0.685. The van der Waals surface area contributed by atoms with Crippen LogP contribution in [0.4, 0.5) is 5.69 Å². The molecular weight excluding hydrogens is 146 g/mol. The van der Waals surface area contributed by atoms with Gasteiger partial charge in [-0.05, 0) is 6.42 Å². The van der Waals surface area contributed by atoms with Gasteiger partial charge in [0.15, 0.2) is 5.69 Å². The summed E-state index contributed by atoms with van der Waals surface area (Å²) in [5.41, 5.74) is 1.82. The van der Waals surface area contributed by atoms with E-state index in [4.69, 9.17) is 13.0 Å². The molecule has 0 unspecified atom stereocenters. The fourth-order valence-corrected chi connectivity index (χ4v) is 0.998. The number of aryl methyl sites for hydroxylation is 1. The molecule has 0 bridgehead atoms. The van der Waals surface area contributed by atoms with Gasteiger partial charge in [-0.15, -0.1) is 12.3 Å². The largest absolute Gasteiger partial charge is 0.238 e. The van der Waals surface area contributed by atoms with Crippen molar-refractivity contribution in [3.63, 3.8) is 0 Å². The van der Waals surface area contributed by atoms with Crippen LogP contribution in [0.3, 0.4) is 0 Å². The minimum Gasteiger partial charge on any atom is -0.238 e. The molecule has 1 aromatic rings. The van der Waals surface area contributed by atoms with Crippen molar-refractivity contribution >= 4 is 5.69 Å². The van der Waals surface area contributed by atoms with E-state index < -0.39 is 0 Å². The van der Waals surface area contributed by atoms with Crippen molar-refractivity contribution < 1.29 is 0 Å². The zero-order chi connectivity index (χ0) is 8.81. The van der Waals surface area contributed by atoms with E-state index in [1.807, 2.05) is 18.2 Å². The van der Waals surface area contributed by atoms with Crippen molar-refractivity contribution in [1.82, 2.24) is 0 Å². The van der Waals surface area contributed by atoms with E-state index in [1.165, 1.54) is 0 Å². The summed E-state index contributed by atoms with van der Waals surface area (Å²) in [5.74, 6) is 2.58. The maximum absolute atomic E-state index is 6.80. The lowest BCUT2D eigenvalue weighted by molar-refractivity contribution is 1.03. The van der Waals surface area contributed by atoms with Crippen LogP contribution in [0.1, 0.15) is 12.0 Å². The third-order valence-electron chi connectivity index (χ3n) is 1.60. The van der Waals surface area contributed by atoms with Crippen molar-refractivity contribution in [1.29, 1.82) is 0 Å². The van der Waals surface area contributed by atoms with E-state index in [-0.39, 0.29) is 0 Å². The predicted molar refractivity (Wildman–Crippen MR) is 49.9 cm³/mol. The molecule has 58 valence electrons. The SMILES string of the molecule is [C-]#[N+]c1cccc(CCC#C)c1. The van der Waals surface area contributed by atoms with Crippen LogP contribution < -0.4 is 0 Å². The van der Waals surface area contributed by atoms with Crippen molar-refractivity contribution in [2.75, 3.05) is 0 Å². The smallest absolute Gasteiger partial charge is 0.187 e. The van der Waals surface area contributed by atoms with E-state index >= 15 is 0 Å². The zero-order valence-corrected chi connectivity index (χ0v) is 6.75. The lowest BCUT2D eigenvalue weighted by Gasteiger charge is -1.96. The number of hydrogen-bond donors (Lipinski definition) is 0. The molecule has 0 saturated heterocycles. The molecule has 0 fully saturated rings. The first-order chi connectivity index (χ1) is 5.86. The third kappa shape index (κ3) is 2.15. The van der Waals surface area contributed by atoms with Crippen LogP contribution in [0, 0.1) is 18.9 Å². The summed E-state index contributed by atoms with van der Waals surface area (Å²) in [6.45, 7) is 6.80. The third-order valence-corrected chi connectivity index (χ3v) is 1.60. The van der Waals surface area contributed by atoms with Gasteiger partial charge in [0.2, 0.25) is 0 Å². The molecule has 0 aromatic heterocycles. The molecule has 1 heteroatoms. The van der Waals surface area contributed by atoms with Gasteiger partial charge in [0.1, 0.15) is 0 Å². The molecule has 0 aliphatic heterocycles.